The molecule has 12 heteroatoms. The Labute approximate surface area is 243 Å². The Morgan fingerprint density at radius 1 is 0.786 bits per heavy atom. The second kappa shape index (κ2) is 17.4. The molecule has 0 saturated carbocycles. The molecule has 0 radical (unpaired) electrons. The number of amides is 2. The summed E-state index contributed by atoms with van der Waals surface area (Å²) in [6, 6.07) is 9.39. The highest BCUT2D eigenvalue weighted by Crippen LogP contribution is 2.36. The molecule has 1 unspecified atom stereocenters. The molecular weight excluding hydrogens is 548 g/mol. The van der Waals surface area contributed by atoms with E-state index in [1.54, 1.807) is 12.1 Å². The Bertz CT molecular complexity index is 1260. The molecule has 12 nitrogen and oxygen atoms in total. The quantitative estimate of drug-likeness (QED) is 0.130. The molecule has 2 amide bonds. The van der Waals surface area contributed by atoms with Crippen LogP contribution in [0, 0.1) is 0 Å². The van der Waals surface area contributed by atoms with Gasteiger partial charge in [-0.05, 0) is 59.4 Å². The maximum atomic E-state index is 12.4. The predicted molar refractivity (Wildman–Crippen MR) is 152 cm³/mol. The number of aryl methyl sites for hydroxylation is 1. The largest absolute Gasteiger partial charge is 0.460 e. The second-order valence-electron chi connectivity index (χ2n) is 9.06. The van der Waals surface area contributed by atoms with Gasteiger partial charge in [-0.15, -0.1) is 0 Å². The summed E-state index contributed by atoms with van der Waals surface area (Å²) in [5, 5.41) is 7.10. The topological polar surface area (TPSA) is 148 Å². The summed E-state index contributed by atoms with van der Waals surface area (Å²) in [5.41, 5.74) is 2.02. The molecule has 2 aromatic rings. The number of hydrogen-bond acceptors (Lipinski definition) is 10. The van der Waals surface area contributed by atoms with E-state index in [-0.39, 0.29) is 52.7 Å². The molecule has 0 heterocycles. The van der Waals surface area contributed by atoms with Crippen molar-refractivity contribution in [1.82, 2.24) is 10.6 Å². The van der Waals surface area contributed by atoms with Crippen molar-refractivity contribution in [2.24, 2.45) is 0 Å². The molecule has 3 rings (SSSR count). The maximum Gasteiger partial charge on any atom is 0.412 e. The molecule has 0 fully saturated rings. The van der Waals surface area contributed by atoms with E-state index in [9.17, 15) is 19.2 Å². The molecule has 0 spiro atoms. The number of fused-ring (bicyclic) bond motifs is 2. The molecule has 1 aliphatic carbocycles. The Balaban J connectivity index is 1.45. The lowest BCUT2D eigenvalue weighted by atomic mass is 9.87. The lowest BCUT2D eigenvalue weighted by molar-refractivity contribution is -0.140. The van der Waals surface area contributed by atoms with Crippen LogP contribution in [-0.2, 0) is 39.7 Å². The summed E-state index contributed by atoms with van der Waals surface area (Å²) >= 11 is 0. The molecule has 42 heavy (non-hydrogen) atoms. The highest BCUT2D eigenvalue weighted by molar-refractivity contribution is 5.86. The number of esters is 2. The van der Waals surface area contributed by atoms with E-state index < -0.39 is 30.2 Å². The highest BCUT2D eigenvalue weighted by Gasteiger charge is 2.24. The van der Waals surface area contributed by atoms with Crippen molar-refractivity contribution < 1.29 is 47.6 Å². The van der Waals surface area contributed by atoms with Gasteiger partial charge in [0.25, 0.3) is 0 Å². The first-order chi connectivity index (χ1) is 20.4. The third kappa shape index (κ3) is 10.9. The van der Waals surface area contributed by atoms with Crippen molar-refractivity contribution in [2.45, 2.75) is 25.4 Å². The molecule has 1 atom stereocenters. The van der Waals surface area contributed by atoms with Crippen molar-refractivity contribution >= 4 is 34.9 Å². The Hall–Kier alpha value is -4.42. The van der Waals surface area contributed by atoms with Gasteiger partial charge in [-0.1, -0.05) is 25.3 Å². The molecule has 0 aliphatic heterocycles. The van der Waals surface area contributed by atoms with Crippen molar-refractivity contribution in [3.63, 3.8) is 0 Å². The molecule has 226 valence electrons. The van der Waals surface area contributed by atoms with Crippen LogP contribution in [0.4, 0.5) is 9.59 Å². The zero-order valence-electron chi connectivity index (χ0n) is 23.4. The normalized spacial score (nSPS) is 13.8. The van der Waals surface area contributed by atoms with Crippen LogP contribution in [0.25, 0.3) is 10.8 Å². The standard InChI is InChI=1S/C30H36N2O10/c1-3-27(33)39-16-14-37-12-10-31-29(35)41-24-9-8-21-18-22-6-5-7-26(25(22)20-23(21)19-24)42-30(36)32-11-13-38-15-17-40-28(34)4-2/h3-4,8-9,18-20,26H,1-2,5-7,10-17H2,(H,31,35)(H,32,36). The zero-order valence-corrected chi connectivity index (χ0v) is 23.4. The van der Waals surface area contributed by atoms with Crippen LogP contribution in [0.15, 0.2) is 55.6 Å². The van der Waals surface area contributed by atoms with Gasteiger partial charge in [0, 0.05) is 25.2 Å². The number of hydrogen-bond donors (Lipinski definition) is 2. The number of carbonyl (C=O) groups excluding carboxylic acids is 4. The number of rotatable bonds is 16. The smallest absolute Gasteiger partial charge is 0.412 e. The van der Waals surface area contributed by atoms with Gasteiger partial charge < -0.3 is 39.1 Å². The number of benzene rings is 2. The van der Waals surface area contributed by atoms with E-state index in [4.69, 9.17) is 28.4 Å². The van der Waals surface area contributed by atoms with Gasteiger partial charge >= 0.3 is 24.1 Å². The summed E-state index contributed by atoms with van der Waals surface area (Å²) in [7, 11) is 0. The van der Waals surface area contributed by atoms with Crippen LogP contribution < -0.4 is 15.4 Å². The molecule has 0 aromatic heterocycles. The maximum absolute atomic E-state index is 12.4. The fourth-order valence-electron chi connectivity index (χ4n) is 4.16. The van der Waals surface area contributed by atoms with E-state index in [0.29, 0.717) is 12.2 Å². The van der Waals surface area contributed by atoms with Gasteiger partial charge in [0.2, 0.25) is 0 Å². The Morgan fingerprint density at radius 3 is 2.07 bits per heavy atom. The first-order valence-corrected chi connectivity index (χ1v) is 13.6. The number of alkyl carbamates (subject to hydrolysis) is 1. The van der Waals surface area contributed by atoms with Crippen LogP contribution in [-0.4, -0.2) is 76.9 Å². The molecule has 1 aliphatic rings. The molecule has 0 saturated heterocycles. The average molecular weight is 585 g/mol. The van der Waals surface area contributed by atoms with Crippen LogP contribution in [0.1, 0.15) is 30.1 Å². The number of ether oxygens (including phenoxy) is 6. The molecule has 2 aromatic carbocycles. The summed E-state index contributed by atoms with van der Waals surface area (Å²) in [6.45, 7) is 8.14. The highest BCUT2D eigenvalue weighted by atomic mass is 16.6. The van der Waals surface area contributed by atoms with Gasteiger partial charge in [-0.2, -0.15) is 0 Å². The summed E-state index contributed by atoms with van der Waals surface area (Å²) in [6.07, 6.45) is 3.00. The van der Waals surface area contributed by atoms with E-state index in [1.807, 2.05) is 12.1 Å². The van der Waals surface area contributed by atoms with E-state index in [2.05, 4.69) is 29.9 Å². The lowest BCUT2D eigenvalue weighted by Crippen LogP contribution is -2.30. The van der Waals surface area contributed by atoms with Gasteiger partial charge in [0.05, 0.1) is 26.4 Å². The van der Waals surface area contributed by atoms with Gasteiger partial charge in [0.1, 0.15) is 25.1 Å². The van der Waals surface area contributed by atoms with E-state index in [1.165, 1.54) is 0 Å². The minimum absolute atomic E-state index is 0.0968. The summed E-state index contributed by atoms with van der Waals surface area (Å²) in [5.74, 6) is -0.677. The fraction of sp³-hybridized carbons (Fsp3) is 0.400. The first kappa shape index (κ1) is 32.1. The third-order valence-corrected chi connectivity index (χ3v) is 6.10. The monoisotopic (exact) mass is 584 g/mol. The Kier molecular flexibility index (Phi) is 13.3. The average Bonchev–Trinajstić information content (AvgIpc) is 2.99. The Morgan fingerprint density at radius 2 is 1.43 bits per heavy atom. The summed E-state index contributed by atoms with van der Waals surface area (Å²) in [4.78, 5) is 46.6. The van der Waals surface area contributed by atoms with E-state index in [0.717, 1.165) is 46.9 Å². The number of carbonyl (C=O) groups is 4. The molecule has 2 N–H and O–H groups in total. The minimum Gasteiger partial charge on any atom is -0.460 e. The van der Waals surface area contributed by atoms with Gasteiger partial charge in [-0.3, -0.25) is 0 Å². The number of nitrogens with one attached hydrogen (secondary N) is 2. The van der Waals surface area contributed by atoms with Crippen LogP contribution in [0.2, 0.25) is 0 Å². The lowest BCUT2D eigenvalue weighted by Gasteiger charge is -2.26. The van der Waals surface area contributed by atoms with Crippen LogP contribution in [0.5, 0.6) is 5.75 Å². The van der Waals surface area contributed by atoms with Crippen molar-refractivity contribution in [3.05, 3.63) is 66.8 Å². The van der Waals surface area contributed by atoms with Gasteiger partial charge in [-0.25, -0.2) is 19.2 Å². The zero-order chi connectivity index (χ0) is 30.2. The van der Waals surface area contributed by atoms with Crippen molar-refractivity contribution in [1.29, 1.82) is 0 Å². The summed E-state index contributed by atoms with van der Waals surface area (Å²) < 4.78 is 31.3. The van der Waals surface area contributed by atoms with Gasteiger partial charge in [0.15, 0.2) is 0 Å². The van der Waals surface area contributed by atoms with Crippen molar-refractivity contribution in [2.75, 3.05) is 52.7 Å². The fourth-order valence-corrected chi connectivity index (χ4v) is 4.16. The van der Waals surface area contributed by atoms with Crippen molar-refractivity contribution in [3.8, 4) is 5.75 Å². The van der Waals surface area contributed by atoms with Crippen LogP contribution in [0.3, 0.4) is 0 Å². The SMILES string of the molecule is C=CC(=O)OCCOCCNC(=O)Oc1ccc2cc3c(cc2c1)C(OC(=O)NCCOCCOC(=O)C=C)CCC3. The van der Waals surface area contributed by atoms with Crippen LogP contribution >= 0.6 is 0 Å². The third-order valence-electron chi connectivity index (χ3n) is 6.10. The second-order valence-corrected chi connectivity index (χ2v) is 9.06. The first-order valence-electron chi connectivity index (χ1n) is 13.6. The molecular formula is C30H36N2O10. The predicted octanol–water partition coefficient (Wildman–Crippen LogP) is 3.52. The minimum atomic E-state index is -0.631. The molecule has 0 bridgehead atoms. The van der Waals surface area contributed by atoms with E-state index >= 15 is 0 Å².